The minimum Gasteiger partial charge on any atom is -0.392 e. The average molecular weight is 296 g/mol. The summed E-state index contributed by atoms with van der Waals surface area (Å²) in [5.41, 5.74) is 0.867. The van der Waals surface area contributed by atoms with Gasteiger partial charge in [-0.15, -0.1) is 11.3 Å². The van der Waals surface area contributed by atoms with Gasteiger partial charge in [-0.05, 0) is 36.1 Å². The van der Waals surface area contributed by atoms with Crippen LogP contribution in [0.3, 0.4) is 0 Å². The molecule has 0 aliphatic carbocycles. The third-order valence-corrected chi connectivity index (χ3v) is 4.25. The molecule has 0 unspecified atom stereocenters. The number of amides is 1. The van der Waals surface area contributed by atoms with Crippen LogP contribution in [0.25, 0.3) is 6.08 Å². The van der Waals surface area contributed by atoms with Crippen molar-refractivity contribution in [3.63, 3.8) is 0 Å². The summed E-state index contributed by atoms with van der Waals surface area (Å²) >= 11 is 1.50. The number of thiophene rings is 1. The number of carbonyl (C=O) groups excluding carboxylic acids is 1. The summed E-state index contributed by atoms with van der Waals surface area (Å²) in [6.07, 6.45) is 4.25. The van der Waals surface area contributed by atoms with E-state index in [-0.39, 0.29) is 24.7 Å². The van der Waals surface area contributed by atoms with Gasteiger partial charge in [0.2, 0.25) is 5.91 Å². The molecular formula is C14H20N2O3S. The molecule has 0 aromatic carbocycles. The Morgan fingerprint density at radius 2 is 2.55 bits per heavy atom. The molecule has 6 heteroatoms. The number of aliphatic hydroxyl groups is 1. The highest BCUT2D eigenvalue weighted by molar-refractivity contribution is 7.11. The first kappa shape index (κ1) is 15.2. The highest BCUT2D eigenvalue weighted by Gasteiger charge is 2.25. The van der Waals surface area contributed by atoms with Gasteiger partial charge in [0.1, 0.15) is 0 Å². The molecule has 1 saturated heterocycles. The molecule has 2 rings (SSSR count). The van der Waals surface area contributed by atoms with E-state index >= 15 is 0 Å². The molecule has 110 valence electrons. The van der Waals surface area contributed by atoms with Crippen LogP contribution in [0.4, 0.5) is 0 Å². The number of hydrogen-bond donors (Lipinski definition) is 3. The maximum atomic E-state index is 11.9. The van der Waals surface area contributed by atoms with Gasteiger partial charge in [0, 0.05) is 24.6 Å². The zero-order valence-electron chi connectivity index (χ0n) is 11.5. The fourth-order valence-corrected chi connectivity index (χ4v) is 3.01. The summed E-state index contributed by atoms with van der Waals surface area (Å²) < 4.78 is 5.38. The lowest BCUT2D eigenvalue weighted by Crippen LogP contribution is -2.54. The molecule has 0 bridgehead atoms. The Morgan fingerprint density at radius 3 is 3.25 bits per heavy atom. The van der Waals surface area contributed by atoms with Crippen LogP contribution in [0.5, 0.6) is 0 Å². The Bertz CT molecular complexity index is 473. The zero-order chi connectivity index (χ0) is 14.4. The number of methoxy groups -OCH3 is 1. The fraction of sp³-hybridized carbons (Fsp3) is 0.500. The minimum absolute atomic E-state index is 0.00207. The van der Waals surface area contributed by atoms with Crippen molar-refractivity contribution in [2.24, 2.45) is 0 Å². The van der Waals surface area contributed by atoms with E-state index in [0.717, 1.165) is 30.0 Å². The highest BCUT2D eigenvalue weighted by atomic mass is 32.1. The van der Waals surface area contributed by atoms with E-state index in [2.05, 4.69) is 10.6 Å². The van der Waals surface area contributed by atoms with Crippen molar-refractivity contribution in [1.82, 2.24) is 10.6 Å². The summed E-state index contributed by atoms with van der Waals surface area (Å²) in [4.78, 5) is 12.8. The molecule has 2 heterocycles. The molecule has 20 heavy (non-hydrogen) atoms. The van der Waals surface area contributed by atoms with Gasteiger partial charge in [0.25, 0.3) is 0 Å². The Morgan fingerprint density at radius 1 is 1.70 bits per heavy atom. The van der Waals surface area contributed by atoms with Crippen molar-refractivity contribution in [2.45, 2.75) is 25.2 Å². The summed E-state index contributed by atoms with van der Waals surface area (Å²) in [6, 6.07) is 1.87. The third-order valence-electron chi connectivity index (χ3n) is 3.30. The Hall–Kier alpha value is -1.21. The molecular weight excluding hydrogens is 276 g/mol. The molecule has 0 radical (unpaired) electrons. The maximum Gasteiger partial charge on any atom is 0.244 e. The monoisotopic (exact) mass is 296 g/mol. The second-order valence-corrected chi connectivity index (χ2v) is 5.67. The van der Waals surface area contributed by atoms with Crippen LogP contribution in [0.1, 0.15) is 16.9 Å². The van der Waals surface area contributed by atoms with Crippen LogP contribution in [0, 0.1) is 0 Å². The lowest BCUT2D eigenvalue weighted by Gasteiger charge is -2.31. The number of carbonyl (C=O) groups is 1. The van der Waals surface area contributed by atoms with Gasteiger partial charge in [-0.3, -0.25) is 4.79 Å². The summed E-state index contributed by atoms with van der Waals surface area (Å²) in [5.74, 6) is -0.125. The first-order valence-electron chi connectivity index (χ1n) is 6.63. The molecule has 1 aliphatic heterocycles. The molecule has 0 saturated carbocycles. The van der Waals surface area contributed by atoms with Crippen molar-refractivity contribution in [1.29, 1.82) is 0 Å². The predicted molar refractivity (Wildman–Crippen MR) is 79.5 cm³/mol. The van der Waals surface area contributed by atoms with E-state index in [0.29, 0.717) is 0 Å². The van der Waals surface area contributed by atoms with E-state index in [9.17, 15) is 4.79 Å². The van der Waals surface area contributed by atoms with E-state index < -0.39 is 0 Å². The third kappa shape index (κ3) is 4.14. The fourth-order valence-electron chi connectivity index (χ4n) is 2.21. The van der Waals surface area contributed by atoms with Crippen LogP contribution in [0.15, 0.2) is 17.5 Å². The zero-order valence-corrected chi connectivity index (χ0v) is 12.3. The smallest absolute Gasteiger partial charge is 0.244 e. The van der Waals surface area contributed by atoms with E-state index in [4.69, 9.17) is 9.84 Å². The van der Waals surface area contributed by atoms with Gasteiger partial charge in [0.15, 0.2) is 0 Å². The number of hydrogen-bond acceptors (Lipinski definition) is 5. The first-order valence-corrected chi connectivity index (χ1v) is 7.51. The van der Waals surface area contributed by atoms with E-state index in [1.54, 1.807) is 13.2 Å². The van der Waals surface area contributed by atoms with Crippen molar-refractivity contribution in [3.8, 4) is 0 Å². The topological polar surface area (TPSA) is 70.6 Å². The van der Waals surface area contributed by atoms with Crippen molar-refractivity contribution < 1.29 is 14.6 Å². The molecule has 1 aliphatic rings. The van der Waals surface area contributed by atoms with Crippen molar-refractivity contribution in [2.75, 3.05) is 20.2 Å². The second kappa shape index (κ2) is 7.54. The van der Waals surface area contributed by atoms with Gasteiger partial charge in [-0.2, -0.15) is 0 Å². The second-order valence-electron chi connectivity index (χ2n) is 4.73. The lowest BCUT2D eigenvalue weighted by atomic mass is 10.0. The lowest BCUT2D eigenvalue weighted by molar-refractivity contribution is -0.118. The molecule has 1 aromatic heterocycles. The standard InChI is InChI=1S/C14H20N2O3S/c1-19-13-4-5-15-7-12(13)16-14(18)3-2-11-6-10(8-17)9-20-11/h2-3,6,9,12-13,15,17H,4-5,7-8H2,1H3,(H,16,18)/b3-2+/t12-,13+/m0/s1. The largest absolute Gasteiger partial charge is 0.392 e. The first-order chi connectivity index (χ1) is 9.72. The van der Waals surface area contributed by atoms with Gasteiger partial charge in [-0.1, -0.05) is 0 Å². The quantitative estimate of drug-likeness (QED) is 0.701. The number of aliphatic hydroxyl groups excluding tert-OH is 1. The van der Waals surface area contributed by atoms with Gasteiger partial charge < -0.3 is 20.5 Å². The molecule has 5 nitrogen and oxygen atoms in total. The number of ether oxygens (including phenoxy) is 1. The maximum absolute atomic E-state index is 11.9. The number of nitrogens with one attached hydrogen (secondary N) is 2. The molecule has 1 fully saturated rings. The highest BCUT2D eigenvalue weighted by Crippen LogP contribution is 2.16. The summed E-state index contributed by atoms with van der Waals surface area (Å²) in [7, 11) is 1.67. The number of piperidine rings is 1. The van der Waals surface area contributed by atoms with Crippen LogP contribution < -0.4 is 10.6 Å². The van der Waals surface area contributed by atoms with E-state index in [1.807, 2.05) is 11.4 Å². The Kier molecular flexibility index (Phi) is 5.72. The SMILES string of the molecule is CO[C@@H]1CCNC[C@@H]1NC(=O)/C=C/c1cc(CO)cs1. The predicted octanol–water partition coefficient (Wildman–Crippen LogP) is 0.747. The molecule has 1 aromatic rings. The summed E-state index contributed by atoms with van der Waals surface area (Å²) in [6.45, 7) is 1.67. The minimum atomic E-state index is -0.125. The summed E-state index contributed by atoms with van der Waals surface area (Å²) in [5, 5.41) is 17.1. The Balaban J connectivity index is 1.87. The van der Waals surface area contributed by atoms with Gasteiger partial charge >= 0.3 is 0 Å². The average Bonchev–Trinajstić information content (AvgIpc) is 2.94. The van der Waals surface area contributed by atoms with E-state index in [1.165, 1.54) is 17.4 Å². The molecule has 3 N–H and O–H groups in total. The molecule has 1 amide bonds. The van der Waals surface area contributed by atoms with Crippen LogP contribution in [0.2, 0.25) is 0 Å². The van der Waals surface area contributed by atoms with Crippen LogP contribution in [-0.2, 0) is 16.1 Å². The molecule has 2 atom stereocenters. The van der Waals surface area contributed by atoms with Crippen molar-refractivity contribution in [3.05, 3.63) is 28.0 Å². The number of rotatable bonds is 5. The van der Waals surface area contributed by atoms with Gasteiger partial charge in [-0.25, -0.2) is 0 Å². The van der Waals surface area contributed by atoms with Crippen LogP contribution in [-0.4, -0.2) is 43.4 Å². The normalized spacial score (nSPS) is 23.1. The van der Waals surface area contributed by atoms with Crippen molar-refractivity contribution >= 4 is 23.3 Å². The van der Waals surface area contributed by atoms with Gasteiger partial charge in [0.05, 0.1) is 18.8 Å². The van der Waals surface area contributed by atoms with Crippen LogP contribution >= 0.6 is 11.3 Å². The molecule has 0 spiro atoms. The Labute approximate surface area is 122 Å².